The molecule has 0 aliphatic heterocycles. The molecule has 1 unspecified atom stereocenters. The Morgan fingerprint density at radius 1 is 1.24 bits per heavy atom. The van der Waals surface area contributed by atoms with Gasteiger partial charge in [0.25, 0.3) is 5.91 Å². The molecule has 2 aromatic rings. The van der Waals surface area contributed by atoms with Gasteiger partial charge in [-0.3, -0.25) is 9.59 Å². The van der Waals surface area contributed by atoms with E-state index in [1.54, 1.807) is 24.1 Å². The Morgan fingerprint density at radius 3 is 2.62 bits per heavy atom. The van der Waals surface area contributed by atoms with Crippen LogP contribution in [0.25, 0.3) is 10.9 Å². The Hall–Kier alpha value is -2.30. The summed E-state index contributed by atoms with van der Waals surface area (Å²) in [4.78, 5) is 29.3. The van der Waals surface area contributed by atoms with Crippen LogP contribution < -0.4 is 5.32 Å². The molecule has 2 N–H and O–H groups in total. The summed E-state index contributed by atoms with van der Waals surface area (Å²) in [6.45, 7) is 6.86. The Morgan fingerprint density at radius 2 is 1.95 bits per heavy atom. The Labute approximate surface area is 124 Å². The standard InChI is InChI=1S/C16H21N3O2/c1-4-19(5-2)16(21)11(3)18-15(20)13-7-6-8-14-12(13)9-10-17-14/h6-11,17H,4-5H2,1-3H3,(H,18,20). The Balaban J connectivity index is 2.14. The number of hydrogen-bond donors (Lipinski definition) is 2. The molecule has 0 fully saturated rings. The van der Waals surface area contributed by atoms with Crippen molar-refractivity contribution < 1.29 is 9.59 Å². The van der Waals surface area contributed by atoms with Gasteiger partial charge in [-0.1, -0.05) is 6.07 Å². The summed E-state index contributed by atoms with van der Waals surface area (Å²) in [5.41, 5.74) is 1.48. The van der Waals surface area contributed by atoms with Crippen LogP contribution in [0, 0.1) is 0 Å². The third-order valence-corrected chi connectivity index (χ3v) is 3.63. The number of carbonyl (C=O) groups is 2. The van der Waals surface area contributed by atoms with Gasteiger partial charge in [0.1, 0.15) is 6.04 Å². The first-order valence-electron chi connectivity index (χ1n) is 7.24. The number of H-pyrrole nitrogens is 1. The molecule has 1 atom stereocenters. The number of nitrogens with zero attached hydrogens (tertiary/aromatic N) is 1. The lowest BCUT2D eigenvalue weighted by Gasteiger charge is -2.23. The third-order valence-electron chi connectivity index (χ3n) is 3.63. The Kier molecular flexibility index (Phi) is 4.62. The molecule has 1 aromatic carbocycles. The van der Waals surface area contributed by atoms with Gasteiger partial charge in [0.05, 0.1) is 0 Å². The monoisotopic (exact) mass is 287 g/mol. The number of hydrogen-bond acceptors (Lipinski definition) is 2. The minimum atomic E-state index is -0.536. The first-order chi connectivity index (χ1) is 10.1. The number of benzene rings is 1. The van der Waals surface area contributed by atoms with Crippen LogP contribution >= 0.6 is 0 Å². The van der Waals surface area contributed by atoms with Gasteiger partial charge < -0.3 is 15.2 Å². The van der Waals surface area contributed by atoms with E-state index in [4.69, 9.17) is 0 Å². The summed E-state index contributed by atoms with van der Waals surface area (Å²) in [6.07, 6.45) is 1.80. The molecule has 2 amide bonds. The average Bonchev–Trinajstić information content (AvgIpc) is 2.96. The Bertz CT molecular complexity index is 644. The van der Waals surface area contributed by atoms with Crippen molar-refractivity contribution in [1.29, 1.82) is 0 Å². The minimum Gasteiger partial charge on any atom is -0.361 e. The quantitative estimate of drug-likeness (QED) is 0.885. The number of aromatic nitrogens is 1. The summed E-state index contributed by atoms with van der Waals surface area (Å²) in [6, 6.07) is 6.83. The lowest BCUT2D eigenvalue weighted by atomic mass is 10.1. The fraction of sp³-hybridized carbons (Fsp3) is 0.375. The maximum atomic E-state index is 12.4. The van der Waals surface area contributed by atoms with Crippen molar-refractivity contribution in [2.45, 2.75) is 26.8 Å². The molecule has 0 saturated carbocycles. The van der Waals surface area contributed by atoms with E-state index < -0.39 is 6.04 Å². The zero-order chi connectivity index (χ0) is 15.4. The van der Waals surface area contributed by atoms with Crippen LogP contribution in [-0.4, -0.2) is 40.8 Å². The zero-order valence-electron chi connectivity index (χ0n) is 12.6. The van der Waals surface area contributed by atoms with E-state index in [2.05, 4.69) is 10.3 Å². The van der Waals surface area contributed by atoms with E-state index in [9.17, 15) is 9.59 Å². The summed E-state index contributed by atoms with van der Waals surface area (Å²) in [5, 5.41) is 3.64. The number of rotatable bonds is 5. The molecule has 2 rings (SSSR count). The molecule has 0 aliphatic carbocycles. The second-order valence-electron chi connectivity index (χ2n) is 4.95. The normalized spacial score (nSPS) is 12.1. The second kappa shape index (κ2) is 6.43. The van der Waals surface area contributed by atoms with E-state index in [-0.39, 0.29) is 11.8 Å². The van der Waals surface area contributed by atoms with E-state index in [0.29, 0.717) is 18.7 Å². The zero-order valence-corrected chi connectivity index (χ0v) is 12.6. The lowest BCUT2D eigenvalue weighted by molar-refractivity contribution is -0.132. The van der Waals surface area contributed by atoms with Gasteiger partial charge in [-0.15, -0.1) is 0 Å². The molecule has 0 spiro atoms. The van der Waals surface area contributed by atoms with Gasteiger partial charge >= 0.3 is 0 Å². The molecule has 5 heteroatoms. The van der Waals surface area contributed by atoms with Gasteiger partial charge in [-0.25, -0.2) is 0 Å². The molecule has 0 aliphatic rings. The van der Waals surface area contributed by atoms with Gasteiger partial charge in [0.2, 0.25) is 5.91 Å². The first kappa shape index (κ1) is 15.1. The van der Waals surface area contributed by atoms with Crippen molar-refractivity contribution in [3.05, 3.63) is 36.0 Å². The predicted molar refractivity (Wildman–Crippen MR) is 83.2 cm³/mol. The minimum absolute atomic E-state index is 0.0606. The van der Waals surface area contributed by atoms with Crippen molar-refractivity contribution in [3.63, 3.8) is 0 Å². The number of nitrogens with one attached hydrogen (secondary N) is 2. The van der Waals surface area contributed by atoms with E-state index in [0.717, 1.165) is 10.9 Å². The van der Waals surface area contributed by atoms with E-state index >= 15 is 0 Å². The molecule has 5 nitrogen and oxygen atoms in total. The molecule has 1 aromatic heterocycles. The van der Waals surface area contributed by atoms with Crippen LogP contribution in [0.4, 0.5) is 0 Å². The molecule has 0 saturated heterocycles. The average molecular weight is 287 g/mol. The first-order valence-corrected chi connectivity index (χ1v) is 7.24. The predicted octanol–water partition coefficient (Wildman–Crippen LogP) is 2.15. The lowest BCUT2D eigenvalue weighted by Crippen LogP contribution is -2.46. The van der Waals surface area contributed by atoms with Crippen LogP contribution in [0.15, 0.2) is 30.5 Å². The SMILES string of the molecule is CCN(CC)C(=O)C(C)NC(=O)c1cccc2[nH]ccc12. The third kappa shape index (κ3) is 3.07. The van der Waals surface area contributed by atoms with E-state index in [1.165, 1.54) is 0 Å². The van der Waals surface area contributed by atoms with E-state index in [1.807, 2.05) is 32.0 Å². The van der Waals surface area contributed by atoms with Crippen molar-refractivity contribution in [3.8, 4) is 0 Å². The van der Waals surface area contributed by atoms with Gasteiger partial charge in [0.15, 0.2) is 0 Å². The molecule has 0 bridgehead atoms. The number of likely N-dealkylation sites (N-methyl/N-ethyl adjacent to an activating group) is 1. The number of fused-ring (bicyclic) bond motifs is 1. The van der Waals surface area contributed by atoms with Crippen LogP contribution in [0.1, 0.15) is 31.1 Å². The van der Waals surface area contributed by atoms with Crippen molar-refractivity contribution in [2.24, 2.45) is 0 Å². The van der Waals surface area contributed by atoms with Crippen LogP contribution in [0.5, 0.6) is 0 Å². The summed E-state index contributed by atoms with van der Waals surface area (Å²) in [7, 11) is 0. The summed E-state index contributed by atoms with van der Waals surface area (Å²) >= 11 is 0. The number of carbonyl (C=O) groups excluding carboxylic acids is 2. The molecule has 21 heavy (non-hydrogen) atoms. The highest BCUT2D eigenvalue weighted by atomic mass is 16.2. The fourth-order valence-electron chi connectivity index (χ4n) is 2.43. The van der Waals surface area contributed by atoms with Crippen LogP contribution in [0.2, 0.25) is 0 Å². The highest BCUT2D eigenvalue weighted by molar-refractivity contribution is 6.07. The van der Waals surface area contributed by atoms with Crippen molar-refractivity contribution >= 4 is 22.7 Å². The van der Waals surface area contributed by atoms with Crippen LogP contribution in [-0.2, 0) is 4.79 Å². The molecular weight excluding hydrogens is 266 g/mol. The highest BCUT2D eigenvalue weighted by Gasteiger charge is 2.21. The maximum Gasteiger partial charge on any atom is 0.252 e. The van der Waals surface area contributed by atoms with Crippen LogP contribution in [0.3, 0.4) is 0 Å². The van der Waals surface area contributed by atoms with Gasteiger partial charge in [-0.05, 0) is 39.0 Å². The van der Waals surface area contributed by atoms with Crippen molar-refractivity contribution in [2.75, 3.05) is 13.1 Å². The molecule has 0 radical (unpaired) electrons. The number of aromatic amines is 1. The van der Waals surface area contributed by atoms with Gasteiger partial charge in [0, 0.05) is 35.8 Å². The van der Waals surface area contributed by atoms with Crippen molar-refractivity contribution in [1.82, 2.24) is 15.2 Å². The maximum absolute atomic E-state index is 12.4. The summed E-state index contributed by atoms with van der Waals surface area (Å²) in [5.74, 6) is -0.289. The molecule has 1 heterocycles. The molecule has 112 valence electrons. The second-order valence-corrected chi connectivity index (χ2v) is 4.95. The fourth-order valence-corrected chi connectivity index (χ4v) is 2.43. The molecular formula is C16H21N3O2. The van der Waals surface area contributed by atoms with Gasteiger partial charge in [-0.2, -0.15) is 0 Å². The largest absolute Gasteiger partial charge is 0.361 e. The highest BCUT2D eigenvalue weighted by Crippen LogP contribution is 2.17. The summed E-state index contributed by atoms with van der Waals surface area (Å²) < 4.78 is 0. The smallest absolute Gasteiger partial charge is 0.252 e. The number of amides is 2. The topological polar surface area (TPSA) is 65.2 Å².